The van der Waals surface area contributed by atoms with Crippen molar-refractivity contribution in [2.45, 2.75) is 18.3 Å². The third kappa shape index (κ3) is 4.22. The number of rotatable bonds is 7. The summed E-state index contributed by atoms with van der Waals surface area (Å²) in [6.45, 7) is 0.554. The lowest BCUT2D eigenvalue weighted by atomic mass is 9.96. The van der Waals surface area contributed by atoms with Gasteiger partial charge in [-0.25, -0.2) is 4.79 Å². The van der Waals surface area contributed by atoms with E-state index in [1.807, 2.05) is 12.1 Å². The molecule has 27 heavy (non-hydrogen) atoms. The second-order valence-corrected chi connectivity index (χ2v) is 6.91. The molecule has 144 valence electrons. The van der Waals surface area contributed by atoms with Crippen LogP contribution in [-0.2, 0) is 5.41 Å². The SMILES string of the molecule is COc1ccc(C2(CNC(=O)Nc3cc(OC)c(Cl)cc3OC)CC2)cc1. The van der Waals surface area contributed by atoms with Crippen LogP contribution in [-0.4, -0.2) is 33.9 Å². The molecule has 0 aromatic heterocycles. The number of methoxy groups -OCH3 is 3. The van der Waals surface area contributed by atoms with Crippen molar-refractivity contribution >= 4 is 23.3 Å². The summed E-state index contributed by atoms with van der Waals surface area (Å²) in [6.07, 6.45) is 2.08. The van der Waals surface area contributed by atoms with E-state index in [4.69, 9.17) is 25.8 Å². The molecule has 0 spiro atoms. The average molecular weight is 391 g/mol. The third-order valence-corrected chi connectivity index (χ3v) is 5.16. The highest BCUT2D eigenvalue weighted by Crippen LogP contribution is 2.48. The smallest absolute Gasteiger partial charge is 0.319 e. The molecule has 7 heteroatoms. The van der Waals surface area contributed by atoms with Gasteiger partial charge in [-0.15, -0.1) is 0 Å². The third-order valence-electron chi connectivity index (χ3n) is 4.87. The van der Waals surface area contributed by atoms with Gasteiger partial charge >= 0.3 is 6.03 Å². The molecule has 0 atom stereocenters. The van der Waals surface area contributed by atoms with Gasteiger partial charge in [-0.3, -0.25) is 0 Å². The van der Waals surface area contributed by atoms with Crippen LogP contribution in [0, 0.1) is 0 Å². The van der Waals surface area contributed by atoms with Gasteiger partial charge in [0.15, 0.2) is 0 Å². The van der Waals surface area contributed by atoms with Crippen LogP contribution >= 0.6 is 11.6 Å². The topological polar surface area (TPSA) is 68.8 Å². The highest BCUT2D eigenvalue weighted by atomic mass is 35.5. The fourth-order valence-corrected chi connectivity index (χ4v) is 3.27. The Kier molecular flexibility index (Phi) is 5.65. The Hall–Kier alpha value is -2.60. The molecule has 1 aliphatic carbocycles. The number of benzene rings is 2. The number of carbonyl (C=O) groups excluding carboxylic acids is 1. The quantitative estimate of drug-likeness (QED) is 0.742. The fourth-order valence-electron chi connectivity index (χ4n) is 3.04. The number of urea groups is 1. The normalized spacial score (nSPS) is 14.2. The second-order valence-electron chi connectivity index (χ2n) is 6.50. The maximum atomic E-state index is 12.4. The van der Waals surface area contributed by atoms with Crippen LogP contribution in [0.15, 0.2) is 36.4 Å². The number of anilines is 1. The molecule has 2 N–H and O–H groups in total. The molecule has 0 aliphatic heterocycles. The van der Waals surface area contributed by atoms with Crippen molar-refractivity contribution in [3.05, 3.63) is 47.0 Å². The van der Waals surface area contributed by atoms with E-state index in [1.165, 1.54) is 19.8 Å². The van der Waals surface area contributed by atoms with Crippen molar-refractivity contribution in [2.24, 2.45) is 0 Å². The fraction of sp³-hybridized carbons (Fsp3) is 0.350. The Bertz CT molecular complexity index is 819. The van der Waals surface area contributed by atoms with E-state index in [-0.39, 0.29) is 11.4 Å². The molecule has 6 nitrogen and oxygen atoms in total. The minimum Gasteiger partial charge on any atom is -0.497 e. The minimum absolute atomic E-state index is 0.00855. The molecule has 2 aromatic carbocycles. The summed E-state index contributed by atoms with van der Waals surface area (Å²) in [5, 5.41) is 6.17. The van der Waals surface area contributed by atoms with Crippen molar-refractivity contribution in [3.63, 3.8) is 0 Å². The molecule has 1 fully saturated rings. The standard InChI is InChI=1S/C20H23ClN2O4/c1-25-14-6-4-13(5-7-14)20(8-9-20)12-22-19(24)23-16-11-17(26-2)15(21)10-18(16)27-3/h4-7,10-11H,8-9,12H2,1-3H3,(H2,22,23,24). The van der Waals surface area contributed by atoms with Gasteiger partial charge in [0.2, 0.25) is 0 Å². The number of halogens is 1. The molecule has 1 saturated carbocycles. The van der Waals surface area contributed by atoms with Gasteiger partial charge < -0.3 is 24.8 Å². The summed E-state index contributed by atoms with van der Waals surface area (Å²) in [6, 6.07) is 10.9. The van der Waals surface area contributed by atoms with Gasteiger partial charge in [-0.2, -0.15) is 0 Å². The molecule has 0 heterocycles. The summed E-state index contributed by atoms with van der Waals surface area (Å²) in [7, 11) is 4.68. The summed E-state index contributed by atoms with van der Waals surface area (Å²) in [4.78, 5) is 12.4. The van der Waals surface area contributed by atoms with Gasteiger partial charge in [-0.1, -0.05) is 23.7 Å². The lowest BCUT2D eigenvalue weighted by molar-refractivity contribution is 0.251. The largest absolute Gasteiger partial charge is 0.497 e. The van der Waals surface area contributed by atoms with Crippen LogP contribution in [0.1, 0.15) is 18.4 Å². The van der Waals surface area contributed by atoms with E-state index in [0.717, 1.165) is 18.6 Å². The zero-order valence-electron chi connectivity index (χ0n) is 15.6. The van der Waals surface area contributed by atoms with E-state index in [2.05, 4.69) is 22.8 Å². The van der Waals surface area contributed by atoms with Crippen LogP contribution < -0.4 is 24.8 Å². The Morgan fingerprint density at radius 2 is 1.70 bits per heavy atom. The minimum atomic E-state index is -0.308. The molecule has 1 aliphatic rings. The lowest BCUT2D eigenvalue weighted by Gasteiger charge is -2.18. The number of carbonyl (C=O) groups is 1. The molecule has 0 radical (unpaired) electrons. The Labute approximate surface area is 163 Å². The lowest BCUT2D eigenvalue weighted by Crippen LogP contribution is -2.35. The van der Waals surface area contributed by atoms with Gasteiger partial charge in [0.05, 0.1) is 32.0 Å². The van der Waals surface area contributed by atoms with Crippen molar-refractivity contribution in [2.75, 3.05) is 33.2 Å². The van der Waals surface area contributed by atoms with Gasteiger partial charge in [-0.05, 0) is 30.5 Å². The van der Waals surface area contributed by atoms with Crippen LogP contribution in [0.3, 0.4) is 0 Å². The Balaban J connectivity index is 1.64. The zero-order valence-corrected chi connectivity index (χ0v) is 16.4. The van der Waals surface area contributed by atoms with E-state index < -0.39 is 0 Å². The highest BCUT2D eigenvalue weighted by Gasteiger charge is 2.44. The summed E-state index contributed by atoms with van der Waals surface area (Å²) >= 11 is 6.09. The van der Waals surface area contributed by atoms with E-state index >= 15 is 0 Å². The predicted molar refractivity (Wildman–Crippen MR) is 105 cm³/mol. The van der Waals surface area contributed by atoms with E-state index in [0.29, 0.717) is 28.8 Å². The van der Waals surface area contributed by atoms with Gasteiger partial charge in [0.1, 0.15) is 17.2 Å². The summed E-state index contributed by atoms with van der Waals surface area (Å²) < 4.78 is 15.7. The molecule has 0 saturated heterocycles. The van der Waals surface area contributed by atoms with E-state index in [9.17, 15) is 4.79 Å². The highest BCUT2D eigenvalue weighted by molar-refractivity contribution is 6.32. The molecule has 2 amide bonds. The predicted octanol–water partition coefficient (Wildman–Crippen LogP) is 4.22. The van der Waals surface area contributed by atoms with E-state index in [1.54, 1.807) is 19.2 Å². The molecule has 2 aromatic rings. The Morgan fingerprint density at radius 1 is 1.04 bits per heavy atom. The Morgan fingerprint density at radius 3 is 2.26 bits per heavy atom. The first-order chi connectivity index (χ1) is 13.0. The van der Waals surface area contributed by atoms with Crippen molar-refractivity contribution in [1.82, 2.24) is 5.32 Å². The first-order valence-electron chi connectivity index (χ1n) is 8.62. The average Bonchev–Trinajstić information content (AvgIpc) is 3.48. The molecular weight excluding hydrogens is 368 g/mol. The van der Waals surface area contributed by atoms with Crippen LogP contribution in [0.2, 0.25) is 5.02 Å². The first-order valence-corrected chi connectivity index (χ1v) is 9.00. The number of amides is 2. The maximum Gasteiger partial charge on any atom is 0.319 e. The summed E-state index contributed by atoms with van der Waals surface area (Å²) in [5.41, 5.74) is 1.69. The van der Waals surface area contributed by atoms with Crippen molar-refractivity contribution in [3.8, 4) is 17.2 Å². The molecule has 0 unspecified atom stereocenters. The van der Waals surface area contributed by atoms with Gasteiger partial charge in [0, 0.05) is 24.1 Å². The molecular formula is C20H23ClN2O4. The van der Waals surface area contributed by atoms with Crippen molar-refractivity contribution in [1.29, 1.82) is 0 Å². The number of ether oxygens (including phenoxy) is 3. The van der Waals surface area contributed by atoms with Crippen LogP contribution in [0.5, 0.6) is 17.2 Å². The number of nitrogens with one attached hydrogen (secondary N) is 2. The first kappa shape index (κ1) is 19.2. The van der Waals surface area contributed by atoms with Crippen LogP contribution in [0.4, 0.5) is 10.5 Å². The maximum absolute atomic E-state index is 12.4. The zero-order chi connectivity index (χ0) is 19.4. The molecule has 0 bridgehead atoms. The second kappa shape index (κ2) is 7.96. The summed E-state index contributed by atoms with van der Waals surface area (Å²) in [5.74, 6) is 1.75. The number of hydrogen-bond donors (Lipinski definition) is 2. The molecule has 3 rings (SSSR count). The van der Waals surface area contributed by atoms with Gasteiger partial charge in [0.25, 0.3) is 0 Å². The van der Waals surface area contributed by atoms with Crippen molar-refractivity contribution < 1.29 is 19.0 Å². The van der Waals surface area contributed by atoms with Crippen LogP contribution in [0.25, 0.3) is 0 Å². The number of hydrogen-bond acceptors (Lipinski definition) is 4. The monoisotopic (exact) mass is 390 g/mol.